The molecule has 1 aromatic heterocycles. The number of nitrogens with zero attached hydrogens (tertiary/aromatic N) is 3. The maximum Gasteiger partial charge on any atom is 0.246 e. The number of benzene rings is 2. The summed E-state index contributed by atoms with van der Waals surface area (Å²) in [6, 6.07) is 17.0. The van der Waals surface area contributed by atoms with Gasteiger partial charge in [-0.3, -0.25) is 14.7 Å². The minimum atomic E-state index is 0.0769. The van der Waals surface area contributed by atoms with Crippen LogP contribution in [0.5, 0.6) is 0 Å². The molecule has 0 N–H and O–H groups in total. The van der Waals surface area contributed by atoms with Crippen LogP contribution in [0.1, 0.15) is 16.7 Å². The fraction of sp³-hybridized carbons (Fsp3) is 0.250. The molecule has 2 aromatic carbocycles. The molecule has 0 unspecified atom stereocenters. The van der Waals surface area contributed by atoms with Crippen LogP contribution in [0.2, 0.25) is 0 Å². The van der Waals surface area contributed by atoms with Crippen LogP contribution in [0.3, 0.4) is 0 Å². The molecule has 0 spiro atoms. The summed E-state index contributed by atoms with van der Waals surface area (Å²) in [4.78, 5) is 21.0. The summed E-state index contributed by atoms with van der Waals surface area (Å²) in [5, 5.41) is 2.60. The lowest BCUT2D eigenvalue weighted by molar-refractivity contribution is -0.127. The summed E-state index contributed by atoms with van der Waals surface area (Å²) in [7, 11) is 0. The minimum absolute atomic E-state index is 0.0769. The quantitative estimate of drug-likeness (QED) is 0.653. The van der Waals surface area contributed by atoms with Crippen molar-refractivity contribution in [3.8, 4) is 0 Å². The molecule has 0 radical (unpaired) electrons. The summed E-state index contributed by atoms with van der Waals surface area (Å²) in [6.45, 7) is 6.27. The number of amides is 1. The number of pyridine rings is 1. The van der Waals surface area contributed by atoms with Gasteiger partial charge >= 0.3 is 0 Å². The van der Waals surface area contributed by atoms with Crippen molar-refractivity contribution in [2.45, 2.75) is 13.5 Å². The van der Waals surface area contributed by atoms with Crippen LogP contribution in [-0.2, 0) is 11.3 Å². The molecule has 28 heavy (non-hydrogen) atoms. The number of hydrogen-bond donors (Lipinski definition) is 0. The van der Waals surface area contributed by atoms with Crippen molar-refractivity contribution in [3.63, 3.8) is 0 Å². The lowest BCUT2D eigenvalue weighted by atomic mass is 10.0. The van der Waals surface area contributed by atoms with E-state index in [1.54, 1.807) is 18.5 Å². The minimum Gasteiger partial charge on any atom is -0.337 e. The highest BCUT2D eigenvalue weighted by Gasteiger charge is 2.20. The molecule has 4 heteroatoms. The molecule has 1 aliphatic heterocycles. The fourth-order valence-corrected chi connectivity index (χ4v) is 3.71. The standard InChI is InChI=1S/C24H25N3O/c1-19-11-12-25-17-21(19)9-10-24(28)27-15-13-26(14-16-27)18-22-7-4-6-20-5-2-3-8-23(20)22/h2-12,17H,13-16,18H2,1H3/b10-9+. The Morgan fingerprint density at radius 3 is 2.64 bits per heavy atom. The Balaban J connectivity index is 1.35. The van der Waals surface area contributed by atoms with Gasteiger partial charge in [0, 0.05) is 51.2 Å². The van der Waals surface area contributed by atoms with Crippen LogP contribution in [0.15, 0.2) is 67.0 Å². The summed E-state index contributed by atoms with van der Waals surface area (Å²) in [5.74, 6) is 0.0769. The molecule has 4 nitrogen and oxygen atoms in total. The van der Waals surface area contributed by atoms with Gasteiger partial charge in [-0.2, -0.15) is 0 Å². The molecule has 3 aromatic rings. The Morgan fingerprint density at radius 1 is 1.04 bits per heavy atom. The normalized spacial score (nSPS) is 15.4. The molecule has 0 saturated carbocycles. The molecule has 0 aliphatic carbocycles. The molecule has 4 rings (SSSR count). The Kier molecular flexibility index (Phi) is 5.49. The summed E-state index contributed by atoms with van der Waals surface area (Å²) in [5.41, 5.74) is 3.47. The van der Waals surface area contributed by atoms with Crippen LogP contribution < -0.4 is 0 Å². The molecular formula is C24H25N3O. The highest BCUT2D eigenvalue weighted by Crippen LogP contribution is 2.20. The molecule has 1 aliphatic rings. The third kappa shape index (κ3) is 4.12. The van der Waals surface area contributed by atoms with Crippen LogP contribution in [0.4, 0.5) is 0 Å². The van der Waals surface area contributed by atoms with Crippen LogP contribution >= 0.6 is 0 Å². The lowest BCUT2D eigenvalue weighted by Crippen LogP contribution is -2.47. The molecule has 1 fully saturated rings. The van der Waals surface area contributed by atoms with E-state index < -0.39 is 0 Å². The lowest BCUT2D eigenvalue weighted by Gasteiger charge is -2.34. The second-order valence-electron chi connectivity index (χ2n) is 7.31. The van der Waals surface area contributed by atoms with Crippen molar-refractivity contribution < 1.29 is 4.79 Å². The summed E-state index contributed by atoms with van der Waals surface area (Å²) < 4.78 is 0. The van der Waals surface area contributed by atoms with E-state index in [4.69, 9.17) is 0 Å². The van der Waals surface area contributed by atoms with Gasteiger partial charge in [-0.25, -0.2) is 0 Å². The van der Waals surface area contributed by atoms with Crippen molar-refractivity contribution in [1.82, 2.24) is 14.8 Å². The number of carbonyl (C=O) groups excluding carboxylic acids is 1. The first kappa shape index (κ1) is 18.4. The van der Waals surface area contributed by atoms with Gasteiger partial charge in [0.1, 0.15) is 0 Å². The number of fused-ring (bicyclic) bond motifs is 1. The third-order valence-electron chi connectivity index (χ3n) is 5.44. The molecule has 142 valence electrons. The average Bonchev–Trinajstić information content (AvgIpc) is 2.74. The van der Waals surface area contributed by atoms with E-state index >= 15 is 0 Å². The summed E-state index contributed by atoms with van der Waals surface area (Å²) >= 11 is 0. The highest BCUT2D eigenvalue weighted by molar-refractivity contribution is 5.92. The van der Waals surface area contributed by atoms with Crippen molar-refractivity contribution in [3.05, 3.63) is 83.7 Å². The topological polar surface area (TPSA) is 36.4 Å². The van der Waals surface area contributed by atoms with E-state index in [2.05, 4.69) is 52.3 Å². The monoisotopic (exact) mass is 371 g/mol. The van der Waals surface area contributed by atoms with E-state index in [1.807, 2.05) is 24.0 Å². The van der Waals surface area contributed by atoms with Crippen molar-refractivity contribution in [2.75, 3.05) is 26.2 Å². The maximum absolute atomic E-state index is 12.5. The molecule has 1 saturated heterocycles. The Morgan fingerprint density at radius 2 is 1.82 bits per heavy atom. The Labute approximate surface area is 166 Å². The zero-order valence-corrected chi connectivity index (χ0v) is 16.2. The number of rotatable bonds is 4. The number of aryl methyl sites for hydroxylation is 1. The number of hydrogen-bond acceptors (Lipinski definition) is 3. The van der Waals surface area contributed by atoms with E-state index in [9.17, 15) is 4.79 Å². The SMILES string of the molecule is Cc1ccncc1/C=C/C(=O)N1CCN(Cc2cccc3ccccc23)CC1. The van der Waals surface area contributed by atoms with Gasteiger partial charge in [-0.1, -0.05) is 42.5 Å². The largest absolute Gasteiger partial charge is 0.337 e. The van der Waals surface area contributed by atoms with Gasteiger partial charge in [0.2, 0.25) is 5.91 Å². The second kappa shape index (κ2) is 8.36. The van der Waals surface area contributed by atoms with Gasteiger partial charge in [0.15, 0.2) is 0 Å². The zero-order valence-electron chi connectivity index (χ0n) is 16.2. The molecule has 2 heterocycles. The van der Waals surface area contributed by atoms with Crippen molar-refractivity contribution >= 4 is 22.8 Å². The van der Waals surface area contributed by atoms with Crippen molar-refractivity contribution in [1.29, 1.82) is 0 Å². The second-order valence-corrected chi connectivity index (χ2v) is 7.31. The van der Waals surface area contributed by atoms with Crippen molar-refractivity contribution in [2.24, 2.45) is 0 Å². The van der Waals surface area contributed by atoms with Crippen LogP contribution in [-0.4, -0.2) is 46.9 Å². The first-order chi connectivity index (χ1) is 13.7. The Bertz CT molecular complexity index is 998. The van der Waals surface area contributed by atoms with E-state index in [0.29, 0.717) is 0 Å². The molecular weight excluding hydrogens is 346 g/mol. The zero-order chi connectivity index (χ0) is 19.3. The van der Waals surface area contributed by atoms with Crippen LogP contribution in [0.25, 0.3) is 16.8 Å². The van der Waals surface area contributed by atoms with E-state index in [-0.39, 0.29) is 5.91 Å². The summed E-state index contributed by atoms with van der Waals surface area (Å²) in [6.07, 6.45) is 7.10. The number of aromatic nitrogens is 1. The molecule has 0 atom stereocenters. The number of carbonyl (C=O) groups is 1. The Hall–Kier alpha value is -2.98. The predicted molar refractivity (Wildman–Crippen MR) is 114 cm³/mol. The molecule has 0 bridgehead atoms. The number of piperazine rings is 1. The van der Waals surface area contributed by atoms with Gasteiger partial charge in [0.05, 0.1) is 0 Å². The first-order valence-electron chi connectivity index (χ1n) is 9.77. The van der Waals surface area contributed by atoms with Gasteiger partial charge < -0.3 is 4.90 Å². The van der Waals surface area contributed by atoms with E-state index in [0.717, 1.165) is 43.9 Å². The highest BCUT2D eigenvalue weighted by atomic mass is 16.2. The first-order valence-corrected chi connectivity index (χ1v) is 9.77. The molecule has 1 amide bonds. The average molecular weight is 371 g/mol. The van der Waals surface area contributed by atoms with Gasteiger partial charge in [-0.15, -0.1) is 0 Å². The van der Waals surface area contributed by atoms with Gasteiger partial charge in [0.25, 0.3) is 0 Å². The van der Waals surface area contributed by atoms with Crippen LogP contribution in [0, 0.1) is 6.92 Å². The predicted octanol–water partition coefficient (Wildman–Crippen LogP) is 3.90. The van der Waals surface area contributed by atoms with Gasteiger partial charge in [-0.05, 0) is 46.5 Å². The fourth-order valence-electron chi connectivity index (χ4n) is 3.71. The maximum atomic E-state index is 12.5. The smallest absolute Gasteiger partial charge is 0.246 e. The van der Waals surface area contributed by atoms with E-state index in [1.165, 1.54) is 16.3 Å². The third-order valence-corrected chi connectivity index (χ3v) is 5.44.